The molecule has 7 nitrogen and oxygen atoms in total. The van der Waals surface area contributed by atoms with Crippen molar-refractivity contribution in [3.63, 3.8) is 0 Å². The van der Waals surface area contributed by atoms with Crippen molar-refractivity contribution in [1.29, 1.82) is 0 Å². The Labute approximate surface area is 113 Å². The van der Waals surface area contributed by atoms with E-state index in [1.54, 1.807) is 6.07 Å². The van der Waals surface area contributed by atoms with Crippen LogP contribution in [0.15, 0.2) is 42.5 Å². The SMILES string of the molecule is O=[N+]([O-])c1ccccc1-c1cccc(CO)c1[N+](=O)[O-]. The van der Waals surface area contributed by atoms with Gasteiger partial charge in [-0.05, 0) is 18.2 Å². The lowest BCUT2D eigenvalue weighted by Gasteiger charge is -2.07. The first-order valence-corrected chi connectivity index (χ1v) is 5.67. The summed E-state index contributed by atoms with van der Waals surface area (Å²) >= 11 is 0. The summed E-state index contributed by atoms with van der Waals surface area (Å²) in [6.07, 6.45) is 0. The Morgan fingerprint density at radius 1 is 0.900 bits per heavy atom. The van der Waals surface area contributed by atoms with Crippen molar-refractivity contribution >= 4 is 11.4 Å². The Morgan fingerprint density at radius 3 is 2.15 bits per heavy atom. The summed E-state index contributed by atoms with van der Waals surface area (Å²) < 4.78 is 0. The smallest absolute Gasteiger partial charge is 0.282 e. The Bertz CT molecular complexity index is 684. The Morgan fingerprint density at radius 2 is 1.55 bits per heavy atom. The molecule has 0 aliphatic heterocycles. The summed E-state index contributed by atoms with van der Waals surface area (Å²) in [5, 5.41) is 31.4. The van der Waals surface area contributed by atoms with E-state index in [9.17, 15) is 25.3 Å². The molecular formula is C13H10N2O5. The number of nitro benzene ring substituents is 2. The molecule has 0 amide bonds. The topological polar surface area (TPSA) is 107 Å². The van der Waals surface area contributed by atoms with Crippen LogP contribution in [0.3, 0.4) is 0 Å². The highest BCUT2D eigenvalue weighted by Gasteiger charge is 2.25. The van der Waals surface area contributed by atoms with Crippen LogP contribution in [-0.4, -0.2) is 15.0 Å². The third-order valence-corrected chi connectivity index (χ3v) is 2.86. The average molecular weight is 274 g/mol. The second kappa shape index (κ2) is 5.45. The minimum Gasteiger partial charge on any atom is -0.391 e. The third kappa shape index (κ3) is 2.34. The maximum absolute atomic E-state index is 11.2. The second-order valence-electron chi connectivity index (χ2n) is 4.00. The van der Waals surface area contributed by atoms with Gasteiger partial charge in [0.1, 0.15) is 0 Å². The largest absolute Gasteiger partial charge is 0.391 e. The van der Waals surface area contributed by atoms with E-state index in [4.69, 9.17) is 0 Å². The molecule has 0 heterocycles. The van der Waals surface area contributed by atoms with Crippen LogP contribution in [0.1, 0.15) is 5.56 Å². The molecule has 2 aromatic carbocycles. The zero-order valence-electron chi connectivity index (χ0n) is 10.2. The van der Waals surface area contributed by atoms with Crippen molar-refractivity contribution in [1.82, 2.24) is 0 Å². The number of aliphatic hydroxyl groups is 1. The second-order valence-corrected chi connectivity index (χ2v) is 4.00. The predicted molar refractivity (Wildman–Crippen MR) is 71.1 cm³/mol. The molecule has 0 saturated heterocycles. The zero-order chi connectivity index (χ0) is 14.7. The molecule has 0 fully saturated rings. The van der Waals surface area contributed by atoms with Gasteiger partial charge >= 0.3 is 0 Å². The van der Waals surface area contributed by atoms with Crippen molar-refractivity contribution in [2.45, 2.75) is 6.61 Å². The lowest BCUT2D eigenvalue weighted by atomic mass is 9.99. The normalized spacial score (nSPS) is 10.2. The van der Waals surface area contributed by atoms with Crippen LogP contribution in [-0.2, 0) is 6.61 Å². The Kier molecular flexibility index (Phi) is 3.72. The van der Waals surface area contributed by atoms with Crippen molar-refractivity contribution < 1.29 is 15.0 Å². The van der Waals surface area contributed by atoms with E-state index in [2.05, 4.69) is 0 Å². The summed E-state index contributed by atoms with van der Waals surface area (Å²) in [6.45, 7) is -0.509. The van der Waals surface area contributed by atoms with Gasteiger partial charge in [0.05, 0.1) is 33.1 Å². The summed E-state index contributed by atoms with van der Waals surface area (Å²) in [5.74, 6) is 0. The van der Waals surface area contributed by atoms with Gasteiger partial charge in [-0.15, -0.1) is 0 Å². The fraction of sp³-hybridized carbons (Fsp3) is 0.0769. The van der Waals surface area contributed by atoms with Crippen LogP contribution in [0.2, 0.25) is 0 Å². The molecule has 2 rings (SSSR count). The number of nitrogens with zero attached hydrogens (tertiary/aromatic N) is 2. The van der Waals surface area contributed by atoms with Gasteiger partial charge in [-0.2, -0.15) is 0 Å². The van der Waals surface area contributed by atoms with Gasteiger partial charge in [-0.1, -0.05) is 18.2 Å². The van der Waals surface area contributed by atoms with Gasteiger partial charge in [0.15, 0.2) is 0 Å². The van der Waals surface area contributed by atoms with Crippen molar-refractivity contribution in [2.75, 3.05) is 0 Å². The van der Waals surface area contributed by atoms with Crippen LogP contribution in [0, 0.1) is 20.2 Å². The first kappa shape index (κ1) is 13.6. The number of benzene rings is 2. The molecule has 1 N–H and O–H groups in total. The van der Waals surface area contributed by atoms with E-state index in [1.807, 2.05) is 0 Å². The fourth-order valence-electron chi connectivity index (χ4n) is 2.01. The fourth-order valence-corrected chi connectivity index (χ4v) is 2.01. The number of para-hydroxylation sites is 2. The summed E-state index contributed by atoms with van der Waals surface area (Å²) in [7, 11) is 0. The maximum Gasteiger partial charge on any atom is 0.282 e. The first-order chi connectivity index (χ1) is 9.56. The summed E-state index contributed by atoms with van der Waals surface area (Å²) in [6, 6.07) is 10.1. The van der Waals surface area contributed by atoms with Crippen LogP contribution in [0.4, 0.5) is 11.4 Å². The first-order valence-electron chi connectivity index (χ1n) is 5.67. The Hall–Kier alpha value is -2.80. The molecule has 0 aliphatic carbocycles. The van der Waals surface area contributed by atoms with Crippen LogP contribution in [0.25, 0.3) is 11.1 Å². The number of hydrogen-bond acceptors (Lipinski definition) is 5. The molecule has 102 valence electrons. The molecule has 7 heteroatoms. The molecular weight excluding hydrogens is 264 g/mol. The predicted octanol–water partition coefficient (Wildman–Crippen LogP) is 2.66. The van der Waals surface area contributed by atoms with E-state index in [-0.39, 0.29) is 28.1 Å². The molecule has 0 saturated carbocycles. The summed E-state index contributed by atoms with van der Waals surface area (Å²) in [5.41, 5.74) is -0.144. The molecule has 0 aliphatic rings. The van der Waals surface area contributed by atoms with Gasteiger partial charge in [0.25, 0.3) is 11.4 Å². The van der Waals surface area contributed by atoms with Gasteiger partial charge in [-0.3, -0.25) is 20.2 Å². The van der Waals surface area contributed by atoms with Gasteiger partial charge in [0.2, 0.25) is 0 Å². The molecule has 0 unspecified atom stereocenters. The molecule has 20 heavy (non-hydrogen) atoms. The highest BCUT2D eigenvalue weighted by atomic mass is 16.6. The van der Waals surface area contributed by atoms with Crippen LogP contribution < -0.4 is 0 Å². The van der Waals surface area contributed by atoms with E-state index in [1.165, 1.54) is 36.4 Å². The van der Waals surface area contributed by atoms with Crippen molar-refractivity contribution in [3.05, 3.63) is 68.3 Å². The molecule has 0 aromatic heterocycles. The van der Waals surface area contributed by atoms with Gasteiger partial charge < -0.3 is 5.11 Å². The average Bonchev–Trinajstić information content (AvgIpc) is 2.46. The lowest BCUT2D eigenvalue weighted by molar-refractivity contribution is -0.387. The molecule has 0 atom stereocenters. The number of aliphatic hydroxyl groups excluding tert-OH is 1. The van der Waals surface area contributed by atoms with Crippen molar-refractivity contribution in [3.8, 4) is 11.1 Å². The van der Waals surface area contributed by atoms with E-state index >= 15 is 0 Å². The minimum absolute atomic E-state index is 0.116. The highest BCUT2D eigenvalue weighted by Crippen LogP contribution is 2.37. The van der Waals surface area contributed by atoms with Crippen LogP contribution in [0.5, 0.6) is 0 Å². The quantitative estimate of drug-likeness (QED) is 0.681. The molecule has 0 spiro atoms. The number of rotatable bonds is 4. The third-order valence-electron chi connectivity index (χ3n) is 2.86. The molecule has 2 aromatic rings. The van der Waals surface area contributed by atoms with Crippen molar-refractivity contribution in [2.24, 2.45) is 0 Å². The summed E-state index contributed by atoms with van der Waals surface area (Å²) in [4.78, 5) is 21.0. The maximum atomic E-state index is 11.2. The zero-order valence-corrected chi connectivity index (χ0v) is 10.2. The minimum atomic E-state index is -0.641. The molecule has 0 radical (unpaired) electrons. The van der Waals surface area contributed by atoms with Crippen LogP contribution >= 0.6 is 0 Å². The van der Waals surface area contributed by atoms with E-state index in [0.29, 0.717) is 0 Å². The van der Waals surface area contributed by atoms with E-state index in [0.717, 1.165) is 0 Å². The number of nitro groups is 2. The van der Waals surface area contributed by atoms with Gasteiger partial charge in [0, 0.05) is 6.07 Å². The monoisotopic (exact) mass is 274 g/mol. The molecule has 0 bridgehead atoms. The van der Waals surface area contributed by atoms with Gasteiger partial charge in [-0.25, -0.2) is 0 Å². The highest BCUT2D eigenvalue weighted by molar-refractivity contribution is 5.81. The standard InChI is InChI=1S/C13H10N2O5/c16-8-9-4-3-6-11(13(9)15(19)20)10-5-1-2-7-12(10)14(17)18/h1-7,16H,8H2. The number of hydrogen-bond donors (Lipinski definition) is 1. The lowest BCUT2D eigenvalue weighted by Crippen LogP contribution is -2.00. The van der Waals surface area contributed by atoms with E-state index < -0.39 is 16.5 Å². The Balaban J connectivity index is 2.77.